The number of hydrogen-bond donors (Lipinski definition) is 3. The molecule has 0 radical (unpaired) electrons. The van der Waals surface area contributed by atoms with Gasteiger partial charge in [-0.15, -0.1) is 0 Å². The zero-order valence-corrected chi connectivity index (χ0v) is 18.6. The van der Waals surface area contributed by atoms with E-state index in [1.807, 2.05) is 42.8 Å². The predicted molar refractivity (Wildman–Crippen MR) is 126 cm³/mol. The number of carbonyl (C=O) groups excluding carboxylic acids is 1. The molecule has 0 aliphatic heterocycles. The number of aromatic nitrogens is 3. The van der Waals surface area contributed by atoms with Crippen LogP contribution in [0, 0.1) is 6.92 Å². The smallest absolute Gasteiger partial charge is 0.396 e. The molecule has 160 valence electrons. The van der Waals surface area contributed by atoms with Crippen molar-refractivity contribution in [1.82, 2.24) is 9.55 Å². The average Bonchev–Trinajstić information content (AvgIpc) is 3.08. The number of aliphatic imine (C=N–C) groups is 1. The van der Waals surface area contributed by atoms with Gasteiger partial charge in [-0.3, -0.25) is 14.4 Å². The van der Waals surface area contributed by atoms with E-state index in [0.29, 0.717) is 33.9 Å². The van der Waals surface area contributed by atoms with Crippen LogP contribution >= 0.6 is 11.6 Å². The lowest BCUT2D eigenvalue weighted by Gasteiger charge is -2.08. The molecule has 31 heavy (non-hydrogen) atoms. The number of rotatable bonds is 6. The second kappa shape index (κ2) is 9.01. The number of amides is 1. The number of carbonyl (C=O) groups is 1. The van der Waals surface area contributed by atoms with Crippen molar-refractivity contribution in [2.24, 2.45) is 10.7 Å². The van der Waals surface area contributed by atoms with Gasteiger partial charge >= 0.3 is 5.95 Å². The summed E-state index contributed by atoms with van der Waals surface area (Å²) < 4.78 is 1.91. The van der Waals surface area contributed by atoms with Crippen LogP contribution in [0.15, 0.2) is 59.6 Å². The molecule has 1 aromatic carbocycles. The Balaban J connectivity index is 2.07. The Morgan fingerprint density at radius 1 is 1.35 bits per heavy atom. The molecule has 0 saturated carbocycles. The molecule has 0 unspecified atom stereocenters. The topological polar surface area (TPSA) is 111 Å². The van der Waals surface area contributed by atoms with Crippen molar-refractivity contribution in [2.45, 2.75) is 20.8 Å². The van der Waals surface area contributed by atoms with Crippen molar-refractivity contribution < 1.29 is 9.78 Å². The summed E-state index contributed by atoms with van der Waals surface area (Å²) in [6.45, 7) is 9.12. The molecule has 0 bridgehead atoms. The molecule has 5 N–H and O–H groups in total. The fourth-order valence-electron chi connectivity index (χ4n) is 3.17. The second-order valence-electron chi connectivity index (χ2n) is 7.02. The summed E-state index contributed by atoms with van der Waals surface area (Å²) in [6, 6.07) is 5.64. The van der Waals surface area contributed by atoms with E-state index in [4.69, 9.17) is 17.3 Å². The molecule has 0 aliphatic rings. The number of benzene rings is 1. The third-order valence-corrected chi connectivity index (χ3v) is 5.06. The molecule has 2 heterocycles. The normalized spacial score (nSPS) is 12.5. The number of nitrogens with one attached hydrogen (secondary N) is 3. The quantitative estimate of drug-likeness (QED) is 0.403. The van der Waals surface area contributed by atoms with Gasteiger partial charge in [0.15, 0.2) is 0 Å². The van der Waals surface area contributed by atoms with Crippen molar-refractivity contribution in [3.05, 3.63) is 65.2 Å². The Hall–Kier alpha value is -3.65. The van der Waals surface area contributed by atoms with E-state index in [0.717, 1.165) is 22.2 Å². The maximum absolute atomic E-state index is 11.6. The minimum atomic E-state index is -0.263. The Kier molecular flexibility index (Phi) is 6.41. The van der Waals surface area contributed by atoms with Gasteiger partial charge < -0.3 is 11.1 Å². The molecule has 0 fully saturated rings. The molecule has 8 nitrogen and oxygen atoms in total. The van der Waals surface area contributed by atoms with Crippen LogP contribution in [0.3, 0.4) is 0 Å². The van der Waals surface area contributed by atoms with Gasteiger partial charge in [-0.2, -0.15) is 0 Å². The van der Waals surface area contributed by atoms with E-state index in [1.54, 1.807) is 20.2 Å². The van der Waals surface area contributed by atoms with Crippen LogP contribution in [0.2, 0.25) is 5.02 Å². The van der Waals surface area contributed by atoms with Crippen LogP contribution in [-0.4, -0.2) is 28.2 Å². The van der Waals surface area contributed by atoms with Crippen LogP contribution in [0.25, 0.3) is 16.7 Å². The highest BCUT2D eigenvalue weighted by Gasteiger charge is 2.20. The van der Waals surface area contributed by atoms with Crippen LogP contribution in [-0.2, 0) is 4.79 Å². The molecule has 1 amide bonds. The number of fused-ring (bicyclic) bond motifs is 1. The molecule has 0 saturated heterocycles. The standard InChI is InChI=1S/C22H24ClN7O/c1-6-19(31)27-15-7-8-18-16(9-15)12(2)11-30(18)21-17(23)10-26-22(29-21)28-20(13(3)24)14(4)25-5/h6-11H,1,24H2,2-5H3,(H,27,31)(H,26,28,29)/p+1/b20-13+,25-14?. The van der Waals surface area contributed by atoms with Gasteiger partial charge in [0.25, 0.3) is 0 Å². The van der Waals surface area contributed by atoms with Gasteiger partial charge in [-0.25, -0.2) is 10.3 Å². The molecule has 3 aromatic rings. The Morgan fingerprint density at radius 2 is 2.10 bits per heavy atom. The van der Waals surface area contributed by atoms with E-state index in [-0.39, 0.29) is 5.91 Å². The first-order valence-electron chi connectivity index (χ1n) is 9.56. The van der Waals surface area contributed by atoms with Crippen molar-refractivity contribution in [3.63, 3.8) is 0 Å². The fourth-order valence-corrected chi connectivity index (χ4v) is 3.35. The lowest BCUT2D eigenvalue weighted by Crippen LogP contribution is -2.22. The number of halogens is 1. The zero-order chi connectivity index (χ0) is 22.7. The van der Waals surface area contributed by atoms with Crippen LogP contribution < -0.4 is 21.4 Å². The maximum Gasteiger partial charge on any atom is 0.396 e. The first-order chi connectivity index (χ1) is 14.7. The molecule has 9 heteroatoms. The number of aryl methyl sites for hydroxylation is 1. The first kappa shape index (κ1) is 22.0. The average molecular weight is 439 g/mol. The number of allylic oxidation sites excluding steroid dienone is 2. The largest absolute Gasteiger partial charge is 0.399 e. The summed E-state index contributed by atoms with van der Waals surface area (Å²) in [5.74, 6) is 0.751. The molecular formula is C22H25ClN7O+. The van der Waals surface area contributed by atoms with Crippen LogP contribution in [0.4, 0.5) is 11.6 Å². The third kappa shape index (κ3) is 4.59. The number of hydrogen-bond acceptors (Lipinski definition) is 5. The Labute approximate surface area is 185 Å². The highest BCUT2D eigenvalue weighted by Crippen LogP contribution is 2.29. The first-order valence-corrected chi connectivity index (χ1v) is 9.93. The van der Waals surface area contributed by atoms with Gasteiger partial charge in [0, 0.05) is 30.0 Å². The molecule has 0 atom stereocenters. The molecule has 0 aliphatic carbocycles. The Bertz CT molecular complexity index is 1240. The molecule has 3 rings (SSSR count). The fraction of sp³-hybridized carbons (Fsp3) is 0.182. The number of nitrogens with zero attached hydrogens (tertiary/aromatic N) is 3. The van der Waals surface area contributed by atoms with Gasteiger partial charge in [-0.1, -0.05) is 23.2 Å². The molecule has 2 aromatic heterocycles. The van der Waals surface area contributed by atoms with Crippen LogP contribution in [0.1, 0.15) is 19.4 Å². The number of H-pyrrole nitrogens is 1. The van der Waals surface area contributed by atoms with Gasteiger partial charge in [0.2, 0.25) is 11.7 Å². The summed E-state index contributed by atoms with van der Waals surface area (Å²) in [7, 11) is 1.70. The molecular weight excluding hydrogens is 414 g/mol. The van der Waals surface area contributed by atoms with Crippen molar-refractivity contribution in [3.8, 4) is 5.82 Å². The van der Waals surface area contributed by atoms with Gasteiger partial charge in [-0.05, 0) is 50.6 Å². The summed E-state index contributed by atoms with van der Waals surface area (Å²) in [4.78, 5) is 23.5. The van der Waals surface area contributed by atoms with Crippen molar-refractivity contribution in [1.29, 1.82) is 0 Å². The highest BCUT2D eigenvalue weighted by atomic mass is 35.5. The zero-order valence-electron chi connectivity index (χ0n) is 17.9. The van der Waals surface area contributed by atoms with E-state index in [2.05, 4.69) is 32.2 Å². The summed E-state index contributed by atoms with van der Waals surface area (Å²) in [5.41, 5.74) is 10.6. The lowest BCUT2D eigenvalue weighted by molar-refractivity contribution is -0.364. The predicted octanol–water partition coefficient (Wildman–Crippen LogP) is 3.62. The summed E-state index contributed by atoms with van der Waals surface area (Å²) in [6.07, 6.45) is 4.84. The maximum atomic E-state index is 11.6. The Morgan fingerprint density at radius 3 is 2.74 bits per heavy atom. The van der Waals surface area contributed by atoms with Crippen molar-refractivity contribution >= 4 is 45.8 Å². The van der Waals surface area contributed by atoms with Crippen molar-refractivity contribution in [2.75, 3.05) is 17.7 Å². The molecule has 0 spiro atoms. The van der Waals surface area contributed by atoms with E-state index in [9.17, 15) is 4.79 Å². The lowest BCUT2D eigenvalue weighted by atomic mass is 10.2. The monoisotopic (exact) mass is 438 g/mol. The van der Waals surface area contributed by atoms with E-state index < -0.39 is 0 Å². The number of aromatic amines is 1. The minimum absolute atomic E-state index is 0.263. The number of nitrogens with two attached hydrogens (primary N) is 1. The van der Waals surface area contributed by atoms with Gasteiger partial charge in [0.05, 0.1) is 17.4 Å². The SMILES string of the molecule is C=CC(=O)Nc1ccc2c(c1)c(C)cn2-c1nc(N/C(C(C)=NC)=C(\C)N)[nH+]cc1Cl. The van der Waals surface area contributed by atoms with Gasteiger partial charge in [0.1, 0.15) is 10.7 Å². The summed E-state index contributed by atoms with van der Waals surface area (Å²) in [5, 5.41) is 7.38. The second-order valence-corrected chi connectivity index (χ2v) is 7.43. The van der Waals surface area contributed by atoms with E-state index >= 15 is 0 Å². The third-order valence-electron chi connectivity index (χ3n) is 4.79. The van der Waals surface area contributed by atoms with Crippen LogP contribution in [0.5, 0.6) is 0 Å². The number of anilines is 2. The highest BCUT2D eigenvalue weighted by molar-refractivity contribution is 6.32. The van der Waals surface area contributed by atoms with E-state index in [1.165, 1.54) is 6.08 Å². The minimum Gasteiger partial charge on any atom is -0.399 e. The summed E-state index contributed by atoms with van der Waals surface area (Å²) >= 11 is 6.48.